The van der Waals surface area contributed by atoms with Crippen LogP contribution in [0.5, 0.6) is 11.5 Å². The molecule has 1 aromatic heterocycles. The number of aryl methyl sites for hydroxylation is 1. The third-order valence-electron chi connectivity index (χ3n) is 4.23. The van der Waals surface area contributed by atoms with Gasteiger partial charge in [-0.05, 0) is 49.7 Å². The molecule has 0 bridgehead atoms. The maximum atomic E-state index is 12.1. The molecule has 27 heavy (non-hydrogen) atoms. The summed E-state index contributed by atoms with van der Waals surface area (Å²) >= 11 is 6.03. The molecule has 0 unspecified atom stereocenters. The van der Waals surface area contributed by atoms with E-state index < -0.39 is 0 Å². The van der Waals surface area contributed by atoms with Crippen molar-refractivity contribution in [2.45, 2.75) is 13.8 Å². The second kappa shape index (κ2) is 7.72. The van der Waals surface area contributed by atoms with Crippen LogP contribution < -0.4 is 20.4 Å². The highest BCUT2D eigenvalue weighted by Crippen LogP contribution is 2.27. The first kappa shape index (κ1) is 18.8. The quantitative estimate of drug-likeness (QED) is 0.667. The molecule has 1 amide bonds. The molecule has 140 valence electrons. The minimum absolute atomic E-state index is 0.204. The number of nitrogens with one attached hydrogen (secondary N) is 1. The van der Waals surface area contributed by atoms with Gasteiger partial charge in [0.1, 0.15) is 17.1 Å². The Morgan fingerprint density at radius 2 is 1.93 bits per heavy atom. The Bertz CT molecular complexity index is 1070. The average Bonchev–Trinajstić information content (AvgIpc) is 2.64. The van der Waals surface area contributed by atoms with E-state index in [0.29, 0.717) is 33.4 Å². The molecule has 3 rings (SSSR count). The van der Waals surface area contributed by atoms with E-state index in [1.54, 1.807) is 43.3 Å². The van der Waals surface area contributed by atoms with E-state index in [1.165, 1.54) is 7.11 Å². The van der Waals surface area contributed by atoms with Crippen molar-refractivity contribution in [3.8, 4) is 11.5 Å². The Labute approximate surface area is 160 Å². The Hall–Kier alpha value is -2.99. The number of benzene rings is 2. The van der Waals surface area contributed by atoms with Crippen molar-refractivity contribution in [2.24, 2.45) is 0 Å². The van der Waals surface area contributed by atoms with Crippen molar-refractivity contribution in [2.75, 3.05) is 19.0 Å². The summed E-state index contributed by atoms with van der Waals surface area (Å²) in [6.45, 7) is 3.38. The van der Waals surface area contributed by atoms with Crippen molar-refractivity contribution in [1.82, 2.24) is 0 Å². The van der Waals surface area contributed by atoms with Gasteiger partial charge in [-0.25, -0.2) is 4.79 Å². The second-order valence-electron chi connectivity index (χ2n) is 5.98. The molecule has 2 aromatic carbocycles. The van der Waals surface area contributed by atoms with Crippen molar-refractivity contribution in [3.05, 3.63) is 63.0 Å². The summed E-state index contributed by atoms with van der Waals surface area (Å²) in [5.41, 5.74) is 2.01. The number of methoxy groups -OCH3 is 1. The Balaban J connectivity index is 1.69. The first-order chi connectivity index (χ1) is 12.9. The molecule has 1 heterocycles. The SMILES string of the molecule is COc1ccc(NC(=O)COc2ccc3c(C)c(C)c(=O)oc3c2)cc1Cl. The van der Waals surface area contributed by atoms with E-state index in [0.717, 1.165) is 10.9 Å². The molecule has 0 atom stereocenters. The zero-order valence-electron chi connectivity index (χ0n) is 15.1. The Kier molecular flexibility index (Phi) is 5.37. The lowest BCUT2D eigenvalue weighted by Crippen LogP contribution is -2.20. The van der Waals surface area contributed by atoms with Gasteiger partial charge in [-0.2, -0.15) is 0 Å². The number of fused-ring (bicyclic) bond motifs is 1. The fourth-order valence-corrected chi connectivity index (χ4v) is 2.87. The van der Waals surface area contributed by atoms with E-state index in [-0.39, 0.29) is 18.1 Å². The first-order valence-corrected chi connectivity index (χ1v) is 8.57. The smallest absolute Gasteiger partial charge is 0.339 e. The van der Waals surface area contributed by atoms with Gasteiger partial charge in [-0.15, -0.1) is 0 Å². The predicted octanol–water partition coefficient (Wildman–Crippen LogP) is 4.09. The molecule has 0 saturated heterocycles. The van der Waals surface area contributed by atoms with Crippen LogP contribution in [0.15, 0.2) is 45.6 Å². The summed E-state index contributed by atoms with van der Waals surface area (Å²) < 4.78 is 15.9. The van der Waals surface area contributed by atoms with Gasteiger partial charge in [0.25, 0.3) is 5.91 Å². The van der Waals surface area contributed by atoms with Crippen LogP contribution in [0.4, 0.5) is 5.69 Å². The van der Waals surface area contributed by atoms with Crippen molar-refractivity contribution in [1.29, 1.82) is 0 Å². The van der Waals surface area contributed by atoms with Crippen LogP contribution in [-0.4, -0.2) is 19.6 Å². The van der Waals surface area contributed by atoms with Gasteiger partial charge in [0.2, 0.25) is 0 Å². The van der Waals surface area contributed by atoms with E-state index in [1.807, 2.05) is 6.92 Å². The van der Waals surface area contributed by atoms with Crippen LogP contribution in [0.3, 0.4) is 0 Å². The molecule has 0 spiro atoms. The van der Waals surface area contributed by atoms with Crippen LogP contribution >= 0.6 is 11.6 Å². The molecule has 1 N–H and O–H groups in total. The molecule has 6 nitrogen and oxygen atoms in total. The van der Waals surface area contributed by atoms with Gasteiger partial charge < -0.3 is 19.2 Å². The molecule has 0 aliphatic heterocycles. The molecule has 0 radical (unpaired) electrons. The van der Waals surface area contributed by atoms with Gasteiger partial charge in [0, 0.05) is 22.7 Å². The minimum atomic E-state index is -0.383. The van der Waals surface area contributed by atoms with Crippen LogP contribution in [0, 0.1) is 13.8 Å². The van der Waals surface area contributed by atoms with Gasteiger partial charge in [0.15, 0.2) is 6.61 Å². The zero-order chi connectivity index (χ0) is 19.6. The third kappa shape index (κ3) is 4.06. The maximum absolute atomic E-state index is 12.1. The summed E-state index contributed by atoms with van der Waals surface area (Å²) in [6.07, 6.45) is 0. The summed E-state index contributed by atoms with van der Waals surface area (Å²) in [5, 5.41) is 3.91. The highest BCUT2D eigenvalue weighted by Gasteiger charge is 2.10. The summed E-state index contributed by atoms with van der Waals surface area (Å²) in [4.78, 5) is 23.9. The van der Waals surface area contributed by atoms with Gasteiger partial charge in [0.05, 0.1) is 12.1 Å². The highest BCUT2D eigenvalue weighted by molar-refractivity contribution is 6.32. The molecule has 0 fully saturated rings. The van der Waals surface area contributed by atoms with Crippen molar-refractivity contribution in [3.63, 3.8) is 0 Å². The molecule has 0 aliphatic rings. The number of rotatable bonds is 5. The van der Waals surface area contributed by atoms with Crippen molar-refractivity contribution < 1.29 is 18.7 Å². The Morgan fingerprint density at radius 1 is 1.15 bits per heavy atom. The topological polar surface area (TPSA) is 77.8 Å². The van der Waals surface area contributed by atoms with Crippen LogP contribution in [0.2, 0.25) is 5.02 Å². The molecule has 0 aliphatic carbocycles. The van der Waals surface area contributed by atoms with E-state index in [9.17, 15) is 9.59 Å². The highest BCUT2D eigenvalue weighted by atomic mass is 35.5. The molecular formula is C20H18ClNO5. The van der Waals surface area contributed by atoms with Crippen LogP contribution in [0.25, 0.3) is 11.0 Å². The number of halogens is 1. The van der Waals surface area contributed by atoms with E-state index in [4.69, 9.17) is 25.5 Å². The second-order valence-corrected chi connectivity index (χ2v) is 6.39. The number of hydrogen-bond acceptors (Lipinski definition) is 5. The first-order valence-electron chi connectivity index (χ1n) is 8.19. The molecule has 7 heteroatoms. The lowest BCUT2D eigenvalue weighted by atomic mass is 10.1. The molecular weight excluding hydrogens is 370 g/mol. The van der Waals surface area contributed by atoms with Gasteiger partial charge in [-0.3, -0.25) is 4.79 Å². The van der Waals surface area contributed by atoms with E-state index in [2.05, 4.69) is 5.32 Å². The number of anilines is 1. The largest absolute Gasteiger partial charge is 0.495 e. The number of amides is 1. The fraction of sp³-hybridized carbons (Fsp3) is 0.200. The lowest BCUT2D eigenvalue weighted by molar-refractivity contribution is -0.118. The number of carbonyl (C=O) groups excluding carboxylic acids is 1. The maximum Gasteiger partial charge on any atom is 0.339 e. The normalized spacial score (nSPS) is 10.7. The summed E-state index contributed by atoms with van der Waals surface area (Å²) in [7, 11) is 1.52. The Morgan fingerprint density at radius 3 is 2.63 bits per heavy atom. The third-order valence-corrected chi connectivity index (χ3v) is 4.53. The summed E-state index contributed by atoms with van der Waals surface area (Å²) in [6, 6.07) is 10.1. The van der Waals surface area contributed by atoms with Crippen LogP contribution in [-0.2, 0) is 4.79 Å². The van der Waals surface area contributed by atoms with Crippen molar-refractivity contribution >= 4 is 34.2 Å². The summed E-state index contributed by atoms with van der Waals surface area (Å²) in [5.74, 6) is 0.601. The minimum Gasteiger partial charge on any atom is -0.495 e. The average molecular weight is 388 g/mol. The monoisotopic (exact) mass is 387 g/mol. The van der Waals surface area contributed by atoms with Gasteiger partial charge in [-0.1, -0.05) is 11.6 Å². The zero-order valence-corrected chi connectivity index (χ0v) is 15.8. The number of carbonyl (C=O) groups is 1. The number of ether oxygens (including phenoxy) is 2. The number of hydrogen-bond donors (Lipinski definition) is 1. The molecule has 3 aromatic rings. The predicted molar refractivity (Wildman–Crippen MR) is 104 cm³/mol. The van der Waals surface area contributed by atoms with Gasteiger partial charge >= 0.3 is 5.63 Å². The molecule has 0 saturated carbocycles. The van der Waals surface area contributed by atoms with E-state index >= 15 is 0 Å². The fourth-order valence-electron chi connectivity index (χ4n) is 2.61. The standard InChI is InChI=1S/C20H18ClNO5/c1-11-12(2)20(24)27-18-9-14(5-6-15(11)18)26-10-19(23)22-13-4-7-17(25-3)16(21)8-13/h4-9H,10H2,1-3H3,(H,22,23). The lowest BCUT2D eigenvalue weighted by Gasteiger charge is -2.10. The van der Waals surface area contributed by atoms with Crippen LogP contribution in [0.1, 0.15) is 11.1 Å².